The number of aromatic nitrogens is 2. The summed E-state index contributed by atoms with van der Waals surface area (Å²) in [6, 6.07) is 9.43. The highest BCUT2D eigenvalue weighted by molar-refractivity contribution is 6.33. The van der Waals surface area contributed by atoms with Crippen LogP contribution in [0.5, 0.6) is 0 Å². The molecule has 0 aliphatic carbocycles. The van der Waals surface area contributed by atoms with Crippen LogP contribution in [0.2, 0.25) is 5.02 Å². The van der Waals surface area contributed by atoms with Crippen molar-refractivity contribution in [3.05, 3.63) is 74.5 Å². The van der Waals surface area contributed by atoms with Gasteiger partial charge in [0.15, 0.2) is 5.65 Å². The Kier molecular flexibility index (Phi) is 8.45. The number of carbonyl (C=O) groups is 2. The number of benzene rings is 2. The standard InChI is InChI=1S/C31H31ClF3N5O5/c1-17-25(39-13-11-38(12-14-39)18(2)41)26(43)27-28(37-29(45-27)19-5-7-20(8-6-19)30(3,4)44)40(17)16-24(42)36-23-10-9-21(15-22(23)32)31(33,34)35/h5-10,15,44H,11-14,16H2,1-4H3,(H,36,42). The molecule has 10 nitrogen and oxygen atoms in total. The fourth-order valence-electron chi connectivity index (χ4n) is 5.28. The summed E-state index contributed by atoms with van der Waals surface area (Å²) in [6.45, 7) is 7.60. The number of fused-ring (bicyclic) bond motifs is 1. The molecule has 1 aliphatic rings. The maximum Gasteiger partial charge on any atom is 0.416 e. The number of anilines is 2. The quantitative estimate of drug-likeness (QED) is 0.297. The average Bonchev–Trinajstić information content (AvgIpc) is 3.42. The zero-order valence-corrected chi connectivity index (χ0v) is 25.7. The maximum absolute atomic E-state index is 13.9. The number of oxazole rings is 1. The summed E-state index contributed by atoms with van der Waals surface area (Å²) < 4.78 is 46.8. The SMILES string of the molecule is CC(=O)N1CCN(c2c(C)n(CC(=O)Nc3ccc(C(F)(F)F)cc3Cl)c3nc(-c4ccc(C(C)(C)O)cc4)oc3c2=O)CC1. The smallest absolute Gasteiger partial charge is 0.416 e. The molecule has 0 unspecified atom stereocenters. The van der Waals surface area contributed by atoms with E-state index < -0.39 is 28.7 Å². The van der Waals surface area contributed by atoms with Crippen molar-refractivity contribution in [1.82, 2.24) is 14.5 Å². The summed E-state index contributed by atoms with van der Waals surface area (Å²) >= 11 is 6.06. The van der Waals surface area contributed by atoms with E-state index >= 15 is 0 Å². The molecule has 0 spiro atoms. The predicted octanol–water partition coefficient (Wildman–Crippen LogP) is 5.17. The molecule has 2 amide bonds. The molecular weight excluding hydrogens is 615 g/mol. The Hall–Kier alpha value is -4.36. The lowest BCUT2D eigenvalue weighted by molar-refractivity contribution is -0.137. The van der Waals surface area contributed by atoms with Crippen molar-refractivity contribution < 1.29 is 32.3 Å². The largest absolute Gasteiger partial charge is 0.430 e. The van der Waals surface area contributed by atoms with E-state index in [0.717, 1.165) is 18.2 Å². The molecular formula is C31H31ClF3N5O5. The molecule has 1 saturated heterocycles. The Morgan fingerprint density at radius 2 is 1.67 bits per heavy atom. The van der Waals surface area contributed by atoms with Gasteiger partial charge in [-0.1, -0.05) is 23.7 Å². The number of nitrogens with zero attached hydrogens (tertiary/aromatic N) is 4. The van der Waals surface area contributed by atoms with Crippen molar-refractivity contribution in [2.24, 2.45) is 0 Å². The van der Waals surface area contributed by atoms with Gasteiger partial charge in [-0.05, 0) is 56.7 Å². The molecule has 1 aliphatic heterocycles. The first kappa shape index (κ1) is 32.0. The van der Waals surface area contributed by atoms with E-state index in [4.69, 9.17) is 16.0 Å². The number of pyridine rings is 1. The molecule has 0 radical (unpaired) electrons. The van der Waals surface area contributed by atoms with Gasteiger partial charge in [-0.25, -0.2) is 0 Å². The second-order valence-electron chi connectivity index (χ2n) is 11.4. The van der Waals surface area contributed by atoms with Gasteiger partial charge in [0, 0.05) is 44.4 Å². The number of hydrogen-bond donors (Lipinski definition) is 2. The molecule has 1 fully saturated rings. The van der Waals surface area contributed by atoms with Crippen LogP contribution in [0.3, 0.4) is 0 Å². The topological polar surface area (TPSA) is 121 Å². The number of carbonyl (C=O) groups excluding carboxylic acids is 2. The summed E-state index contributed by atoms with van der Waals surface area (Å²) in [7, 11) is 0. The molecule has 14 heteroatoms. The molecule has 4 aromatic rings. The number of nitrogens with one attached hydrogen (secondary N) is 1. The van der Waals surface area contributed by atoms with Crippen LogP contribution in [0.25, 0.3) is 22.7 Å². The Bertz CT molecular complexity index is 1840. The maximum atomic E-state index is 13.9. The lowest BCUT2D eigenvalue weighted by atomic mass is 9.97. The van der Waals surface area contributed by atoms with Crippen LogP contribution in [0.15, 0.2) is 51.7 Å². The number of halogens is 4. The van der Waals surface area contributed by atoms with Crippen molar-refractivity contribution >= 4 is 46.0 Å². The Labute approximate surface area is 261 Å². The molecule has 5 rings (SSSR count). The summed E-state index contributed by atoms with van der Waals surface area (Å²) in [4.78, 5) is 47.1. The molecule has 0 atom stereocenters. The van der Waals surface area contributed by atoms with Crippen LogP contribution in [-0.2, 0) is 27.9 Å². The number of amides is 2. The van der Waals surface area contributed by atoms with E-state index in [1.54, 1.807) is 49.9 Å². The second-order valence-corrected chi connectivity index (χ2v) is 11.8. The number of aliphatic hydroxyl groups is 1. The molecule has 0 bridgehead atoms. The van der Waals surface area contributed by atoms with Crippen molar-refractivity contribution in [1.29, 1.82) is 0 Å². The first-order chi connectivity index (χ1) is 21.0. The fourth-order valence-corrected chi connectivity index (χ4v) is 5.51. The van der Waals surface area contributed by atoms with Gasteiger partial charge in [0.25, 0.3) is 0 Å². The molecule has 2 aromatic heterocycles. The Morgan fingerprint density at radius 3 is 2.22 bits per heavy atom. The number of piperazine rings is 1. The normalized spacial score (nSPS) is 14.2. The van der Waals surface area contributed by atoms with E-state index in [2.05, 4.69) is 10.3 Å². The van der Waals surface area contributed by atoms with Crippen molar-refractivity contribution in [2.45, 2.75) is 46.0 Å². The van der Waals surface area contributed by atoms with Crippen molar-refractivity contribution in [3.8, 4) is 11.5 Å². The lowest BCUT2D eigenvalue weighted by Crippen LogP contribution is -2.49. The predicted molar refractivity (Wildman–Crippen MR) is 163 cm³/mol. The van der Waals surface area contributed by atoms with Gasteiger partial charge in [-0.2, -0.15) is 18.2 Å². The third-order valence-corrected chi connectivity index (χ3v) is 8.10. The fraction of sp³-hybridized carbons (Fsp3) is 0.355. The molecule has 238 valence electrons. The van der Waals surface area contributed by atoms with Gasteiger partial charge in [-0.3, -0.25) is 14.4 Å². The number of rotatable bonds is 6. The number of hydrogen-bond acceptors (Lipinski definition) is 7. The van der Waals surface area contributed by atoms with E-state index in [9.17, 15) is 32.7 Å². The summed E-state index contributed by atoms with van der Waals surface area (Å²) in [5.41, 5.74) is -0.600. The first-order valence-corrected chi connectivity index (χ1v) is 14.5. The van der Waals surface area contributed by atoms with Crippen LogP contribution < -0.4 is 15.6 Å². The monoisotopic (exact) mass is 645 g/mol. The highest BCUT2D eigenvalue weighted by Crippen LogP contribution is 2.34. The van der Waals surface area contributed by atoms with Gasteiger partial charge >= 0.3 is 6.18 Å². The minimum Gasteiger partial charge on any atom is -0.430 e. The lowest BCUT2D eigenvalue weighted by Gasteiger charge is -2.36. The van der Waals surface area contributed by atoms with Gasteiger partial charge in [0.1, 0.15) is 12.2 Å². The van der Waals surface area contributed by atoms with Gasteiger partial charge < -0.3 is 29.2 Å². The van der Waals surface area contributed by atoms with Crippen LogP contribution in [0, 0.1) is 6.92 Å². The Balaban J connectivity index is 1.55. The zero-order valence-electron chi connectivity index (χ0n) is 25.0. The molecule has 2 N–H and O–H groups in total. The molecule has 45 heavy (non-hydrogen) atoms. The van der Waals surface area contributed by atoms with Gasteiger partial charge in [0.05, 0.1) is 21.9 Å². The highest BCUT2D eigenvalue weighted by atomic mass is 35.5. The third-order valence-electron chi connectivity index (χ3n) is 7.79. The van der Waals surface area contributed by atoms with Gasteiger partial charge in [-0.15, -0.1) is 0 Å². The zero-order chi connectivity index (χ0) is 32.8. The Morgan fingerprint density at radius 1 is 1.04 bits per heavy atom. The van der Waals surface area contributed by atoms with Crippen LogP contribution in [0.4, 0.5) is 24.5 Å². The second kappa shape index (κ2) is 11.9. The van der Waals surface area contributed by atoms with Crippen molar-refractivity contribution in [2.75, 3.05) is 36.4 Å². The minimum absolute atomic E-state index is 0.0158. The van der Waals surface area contributed by atoms with Crippen LogP contribution in [0.1, 0.15) is 37.6 Å². The molecule has 2 aromatic carbocycles. The van der Waals surface area contributed by atoms with Crippen LogP contribution in [-0.4, -0.2) is 57.6 Å². The highest BCUT2D eigenvalue weighted by Gasteiger charge is 2.31. The van der Waals surface area contributed by atoms with Gasteiger partial charge in [0.2, 0.25) is 28.7 Å². The van der Waals surface area contributed by atoms with E-state index in [0.29, 0.717) is 43.0 Å². The molecule has 3 heterocycles. The van der Waals surface area contributed by atoms with E-state index in [-0.39, 0.29) is 46.0 Å². The minimum atomic E-state index is -4.60. The van der Waals surface area contributed by atoms with Crippen molar-refractivity contribution in [3.63, 3.8) is 0 Å². The van der Waals surface area contributed by atoms with Crippen LogP contribution >= 0.6 is 11.6 Å². The average molecular weight is 646 g/mol. The summed E-state index contributed by atoms with van der Waals surface area (Å²) in [5, 5.41) is 12.6. The van der Waals surface area contributed by atoms with E-state index in [1.807, 2.05) is 4.90 Å². The summed E-state index contributed by atoms with van der Waals surface area (Å²) in [6.07, 6.45) is -4.60. The molecule has 0 saturated carbocycles. The third kappa shape index (κ3) is 6.54. The van der Waals surface area contributed by atoms with E-state index in [1.165, 1.54) is 11.5 Å². The first-order valence-electron chi connectivity index (χ1n) is 14.1. The summed E-state index contributed by atoms with van der Waals surface area (Å²) in [5.74, 6) is -0.591. The number of alkyl halides is 3.